The molecule has 4 rings (SSSR count). The molecule has 0 amide bonds. The summed E-state index contributed by atoms with van der Waals surface area (Å²) in [5.74, 6) is 1.94. The van der Waals surface area contributed by atoms with Gasteiger partial charge < -0.3 is 9.80 Å². The van der Waals surface area contributed by atoms with Gasteiger partial charge in [0.25, 0.3) is 0 Å². The first kappa shape index (κ1) is 20.6. The fourth-order valence-electron chi connectivity index (χ4n) is 3.58. The molecule has 4 nitrogen and oxygen atoms in total. The van der Waals surface area contributed by atoms with Crippen molar-refractivity contribution in [1.29, 1.82) is 0 Å². The number of thioether (sulfide) groups is 1. The Balaban J connectivity index is 1.61. The third-order valence-electron chi connectivity index (χ3n) is 5.16. The fourth-order valence-corrected chi connectivity index (χ4v) is 4.60. The van der Waals surface area contributed by atoms with Gasteiger partial charge in [0.15, 0.2) is 5.17 Å². The second-order valence-corrected chi connectivity index (χ2v) is 8.45. The second-order valence-electron chi connectivity index (χ2n) is 7.39. The van der Waals surface area contributed by atoms with Crippen LogP contribution < -0.4 is 4.90 Å². The van der Waals surface area contributed by atoms with E-state index in [1.165, 1.54) is 31.5 Å². The third-order valence-corrected chi connectivity index (χ3v) is 6.12. The summed E-state index contributed by atoms with van der Waals surface area (Å²) >= 11 is 1.82. The van der Waals surface area contributed by atoms with Crippen LogP contribution in [0.2, 0.25) is 0 Å². The molecule has 0 bridgehead atoms. The fraction of sp³-hybridized carbons (Fsp3) is 0.280. The van der Waals surface area contributed by atoms with Crippen LogP contribution in [0.5, 0.6) is 0 Å². The lowest BCUT2D eigenvalue weighted by molar-refractivity contribution is 0.362. The molecule has 2 aromatic carbocycles. The van der Waals surface area contributed by atoms with Gasteiger partial charge in [-0.3, -0.25) is 0 Å². The van der Waals surface area contributed by atoms with E-state index in [0.717, 1.165) is 35.5 Å². The number of para-hydroxylation sites is 1. The summed E-state index contributed by atoms with van der Waals surface area (Å²) in [4.78, 5) is 14.5. The van der Waals surface area contributed by atoms with Gasteiger partial charge in [-0.1, -0.05) is 66.4 Å². The summed E-state index contributed by atoms with van der Waals surface area (Å²) in [7, 11) is 0. The van der Waals surface area contributed by atoms with Crippen LogP contribution >= 0.6 is 11.8 Å². The molecule has 1 aliphatic heterocycles. The summed E-state index contributed by atoms with van der Waals surface area (Å²) in [6.45, 7) is 4.28. The molecule has 5 heteroatoms. The Morgan fingerprint density at radius 1 is 0.900 bits per heavy atom. The maximum absolute atomic E-state index is 5.04. The smallest absolute Gasteiger partial charge is 0.170 e. The monoisotopic (exact) mass is 416 g/mol. The lowest BCUT2D eigenvalue weighted by Crippen LogP contribution is -2.30. The van der Waals surface area contributed by atoms with Gasteiger partial charge in [-0.2, -0.15) is 0 Å². The molecule has 1 aromatic heterocycles. The van der Waals surface area contributed by atoms with Crippen molar-refractivity contribution in [2.75, 3.05) is 30.3 Å². The van der Waals surface area contributed by atoms with Crippen LogP contribution in [0.3, 0.4) is 0 Å². The minimum atomic E-state index is 0.736. The van der Waals surface area contributed by atoms with Crippen molar-refractivity contribution in [2.24, 2.45) is 4.99 Å². The Bertz CT molecular complexity index is 910. The average molecular weight is 417 g/mol. The highest BCUT2D eigenvalue weighted by Crippen LogP contribution is 2.24. The van der Waals surface area contributed by atoms with E-state index < -0.39 is 0 Å². The largest absolute Gasteiger partial charge is 0.303 e. The minimum absolute atomic E-state index is 0.736. The first-order valence-electron chi connectivity index (χ1n) is 10.6. The standard InChI is InChI=1S/C25H28N4S/c1-3-11-22(12-4-1)21-29(24-15-7-8-16-26-24)25(27-23-13-5-2-6-14-23)30-20-19-28-17-9-10-18-28/h1-8,11-16H,9-10,17-21H2. The second kappa shape index (κ2) is 11.0. The molecule has 0 spiro atoms. The number of nitrogens with zero attached hydrogens (tertiary/aromatic N) is 4. The quantitative estimate of drug-likeness (QED) is 0.370. The predicted molar refractivity (Wildman–Crippen MR) is 129 cm³/mol. The molecular weight excluding hydrogens is 388 g/mol. The summed E-state index contributed by atoms with van der Waals surface area (Å²) in [6, 6.07) is 26.8. The third kappa shape index (κ3) is 5.94. The molecule has 1 fully saturated rings. The highest BCUT2D eigenvalue weighted by Gasteiger charge is 2.18. The number of aliphatic imine (C=N–C) groups is 1. The van der Waals surface area contributed by atoms with E-state index in [0.29, 0.717) is 0 Å². The van der Waals surface area contributed by atoms with Crippen molar-refractivity contribution < 1.29 is 0 Å². The molecule has 2 heterocycles. The Morgan fingerprint density at radius 2 is 1.60 bits per heavy atom. The number of hydrogen-bond donors (Lipinski definition) is 0. The molecule has 1 aliphatic rings. The van der Waals surface area contributed by atoms with Crippen LogP contribution in [0.4, 0.5) is 11.5 Å². The molecule has 154 valence electrons. The van der Waals surface area contributed by atoms with Crippen LogP contribution in [0.25, 0.3) is 0 Å². The summed E-state index contributed by atoms with van der Waals surface area (Å²) < 4.78 is 0. The summed E-state index contributed by atoms with van der Waals surface area (Å²) in [6.07, 6.45) is 4.50. The lowest BCUT2D eigenvalue weighted by atomic mass is 10.2. The molecule has 1 saturated heterocycles. The molecule has 0 N–H and O–H groups in total. The van der Waals surface area contributed by atoms with Gasteiger partial charge >= 0.3 is 0 Å². The van der Waals surface area contributed by atoms with Gasteiger partial charge in [-0.15, -0.1) is 0 Å². The molecule has 3 aromatic rings. The number of benzene rings is 2. The van der Waals surface area contributed by atoms with Gasteiger partial charge in [0.05, 0.1) is 12.2 Å². The van der Waals surface area contributed by atoms with Crippen molar-refractivity contribution in [3.05, 3.63) is 90.6 Å². The minimum Gasteiger partial charge on any atom is -0.303 e. The normalized spacial score (nSPS) is 14.7. The number of amidine groups is 1. The molecule has 30 heavy (non-hydrogen) atoms. The number of likely N-dealkylation sites (tertiary alicyclic amines) is 1. The Labute approximate surface area is 183 Å². The molecular formula is C25H28N4S. The summed E-state index contributed by atoms with van der Waals surface area (Å²) in [5.41, 5.74) is 2.21. The summed E-state index contributed by atoms with van der Waals surface area (Å²) in [5, 5.41) is 0.989. The molecule has 0 radical (unpaired) electrons. The zero-order valence-electron chi connectivity index (χ0n) is 17.2. The number of rotatable bonds is 7. The van der Waals surface area contributed by atoms with Crippen molar-refractivity contribution in [3.8, 4) is 0 Å². The molecule has 0 saturated carbocycles. The predicted octanol–water partition coefficient (Wildman–Crippen LogP) is 5.60. The van der Waals surface area contributed by atoms with E-state index in [-0.39, 0.29) is 0 Å². The van der Waals surface area contributed by atoms with Gasteiger partial charge in [-0.05, 0) is 55.8 Å². The number of pyridine rings is 1. The van der Waals surface area contributed by atoms with Crippen molar-refractivity contribution in [1.82, 2.24) is 9.88 Å². The van der Waals surface area contributed by atoms with Crippen LogP contribution in [0.1, 0.15) is 18.4 Å². The van der Waals surface area contributed by atoms with Crippen LogP contribution in [0, 0.1) is 0 Å². The molecule has 0 unspecified atom stereocenters. The maximum atomic E-state index is 5.04. The Morgan fingerprint density at radius 3 is 2.30 bits per heavy atom. The highest BCUT2D eigenvalue weighted by atomic mass is 32.2. The Hall–Kier alpha value is -2.63. The lowest BCUT2D eigenvalue weighted by Gasteiger charge is -2.25. The number of aromatic nitrogens is 1. The number of anilines is 1. The first-order chi connectivity index (χ1) is 14.9. The first-order valence-corrected chi connectivity index (χ1v) is 11.6. The van der Waals surface area contributed by atoms with E-state index >= 15 is 0 Å². The SMILES string of the molecule is c1ccc(CN(C(=Nc2ccccc2)SCCN2CCCC2)c2ccccn2)cc1. The van der Waals surface area contributed by atoms with E-state index in [1.54, 1.807) is 0 Å². The van der Waals surface area contributed by atoms with Crippen molar-refractivity contribution in [2.45, 2.75) is 19.4 Å². The van der Waals surface area contributed by atoms with E-state index in [4.69, 9.17) is 4.99 Å². The maximum Gasteiger partial charge on any atom is 0.170 e. The Kier molecular flexibility index (Phi) is 7.53. The van der Waals surface area contributed by atoms with Crippen molar-refractivity contribution >= 4 is 28.4 Å². The van der Waals surface area contributed by atoms with Crippen LogP contribution in [-0.2, 0) is 6.54 Å². The zero-order valence-corrected chi connectivity index (χ0v) is 18.0. The van der Waals surface area contributed by atoms with Gasteiger partial charge in [0, 0.05) is 18.5 Å². The van der Waals surface area contributed by atoms with Crippen LogP contribution in [-0.4, -0.2) is 40.4 Å². The average Bonchev–Trinajstić information content (AvgIpc) is 3.32. The molecule has 0 aliphatic carbocycles. The highest BCUT2D eigenvalue weighted by molar-refractivity contribution is 8.14. The van der Waals surface area contributed by atoms with Crippen LogP contribution in [0.15, 0.2) is 90.1 Å². The van der Waals surface area contributed by atoms with Gasteiger partial charge in [0.2, 0.25) is 0 Å². The number of hydrogen-bond acceptors (Lipinski definition) is 4. The topological polar surface area (TPSA) is 31.7 Å². The van der Waals surface area contributed by atoms with Gasteiger partial charge in [0.1, 0.15) is 5.82 Å². The van der Waals surface area contributed by atoms with E-state index in [2.05, 4.69) is 63.3 Å². The van der Waals surface area contributed by atoms with E-state index in [1.807, 2.05) is 48.3 Å². The zero-order chi connectivity index (χ0) is 20.4. The molecule has 0 atom stereocenters. The van der Waals surface area contributed by atoms with E-state index in [9.17, 15) is 0 Å². The van der Waals surface area contributed by atoms with Gasteiger partial charge in [-0.25, -0.2) is 9.98 Å². The van der Waals surface area contributed by atoms with Crippen molar-refractivity contribution in [3.63, 3.8) is 0 Å².